The van der Waals surface area contributed by atoms with E-state index >= 15 is 0 Å². The largest absolute Gasteiger partial charge is 0.455 e. The highest BCUT2D eigenvalue weighted by Crippen LogP contribution is 2.43. The molecular weight excluding hydrogens is 788 g/mol. The Labute approximate surface area is 357 Å². The second-order valence-electron chi connectivity index (χ2n) is 15.6. The maximum Gasteiger partial charge on any atom is 0.179 e. The Morgan fingerprint density at radius 1 is 0.371 bits per heavy atom. The highest BCUT2D eigenvalue weighted by Gasteiger charge is 2.41. The standard InChI is InChI=1S/C56H36F3NOSi/c57-39-15-24-44(25-16-39)62(45-26-17-40(58)18-27-45,46-28-19-41(59)20-29-46)47-30-21-42(22-31-47)60(54-35-34-48(37-8-2-1-3-9-37)50-10-4-5-11-51(50)54)43-23-33-49-38(36-43)14-32-53-52-12-6-7-13-55(52)61-56(49)53/h1-36H. The van der Waals surface area contributed by atoms with Gasteiger partial charge in [0.1, 0.15) is 28.6 Å². The molecule has 296 valence electrons. The summed E-state index contributed by atoms with van der Waals surface area (Å²) in [4.78, 5) is 2.29. The molecule has 0 aliphatic carbocycles. The van der Waals surface area contributed by atoms with Crippen LogP contribution in [0.4, 0.5) is 30.2 Å². The van der Waals surface area contributed by atoms with Gasteiger partial charge < -0.3 is 9.32 Å². The third kappa shape index (κ3) is 6.18. The van der Waals surface area contributed by atoms with Gasteiger partial charge in [-0.15, -0.1) is 0 Å². The Morgan fingerprint density at radius 3 is 1.48 bits per heavy atom. The minimum absolute atomic E-state index is 0.359. The summed E-state index contributed by atoms with van der Waals surface area (Å²) in [5.41, 5.74) is 6.85. The number of halogens is 3. The van der Waals surface area contributed by atoms with Gasteiger partial charge in [-0.25, -0.2) is 13.2 Å². The fourth-order valence-corrected chi connectivity index (χ4v) is 14.0. The Bertz CT molecular complexity index is 3310. The van der Waals surface area contributed by atoms with Crippen molar-refractivity contribution in [2.24, 2.45) is 0 Å². The van der Waals surface area contributed by atoms with E-state index in [1.165, 1.54) is 36.4 Å². The van der Waals surface area contributed by atoms with Gasteiger partial charge >= 0.3 is 0 Å². The fraction of sp³-hybridized carbons (Fsp3) is 0. The molecule has 0 radical (unpaired) electrons. The Kier molecular flexibility index (Phi) is 9.09. The van der Waals surface area contributed by atoms with Crippen LogP contribution in [0.3, 0.4) is 0 Å². The van der Waals surface area contributed by atoms with Gasteiger partial charge in [-0.2, -0.15) is 0 Å². The zero-order valence-electron chi connectivity index (χ0n) is 33.3. The summed E-state index contributed by atoms with van der Waals surface area (Å²) < 4.78 is 50.3. The Balaban J connectivity index is 1.14. The zero-order chi connectivity index (χ0) is 41.8. The average molecular weight is 824 g/mol. The van der Waals surface area contributed by atoms with Gasteiger partial charge in [0.25, 0.3) is 0 Å². The summed E-state index contributed by atoms with van der Waals surface area (Å²) in [6.07, 6.45) is 0. The molecule has 11 aromatic rings. The molecule has 0 saturated heterocycles. The van der Waals surface area contributed by atoms with Crippen molar-refractivity contribution in [3.8, 4) is 11.1 Å². The molecule has 0 aliphatic rings. The number of rotatable bonds is 8. The van der Waals surface area contributed by atoms with E-state index in [0.717, 1.165) is 92.4 Å². The first-order chi connectivity index (χ1) is 30.5. The van der Waals surface area contributed by atoms with Crippen LogP contribution >= 0.6 is 0 Å². The lowest BCUT2D eigenvalue weighted by molar-refractivity contribution is 0.628. The summed E-state index contributed by atoms with van der Waals surface area (Å²) in [6.45, 7) is 0. The lowest BCUT2D eigenvalue weighted by Gasteiger charge is -2.35. The molecule has 2 nitrogen and oxygen atoms in total. The van der Waals surface area contributed by atoms with Crippen LogP contribution in [0.1, 0.15) is 0 Å². The molecule has 0 atom stereocenters. The van der Waals surface area contributed by atoms with Crippen LogP contribution in [0.2, 0.25) is 0 Å². The van der Waals surface area contributed by atoms with Crippen molar-refractivity contribution < 1.29 is 17.6 Å². The van der Waals surface area contributed by atoms with E-state index in [4.69, 9.17) is 4.42 Å². The van der Waals surface area contributed by atoms with Gasteiger partial charge in [0.15, 0.2) is 8.07 Å². The van der Waals surface area contributed by atoms with Gasteiger partial charge in [0.05, 0.1) is 5.69 Å². The first-order valence-electron chi connectivity index (χ1n) is 20.6. The van der Waals surface area contributed by atoms with E-state index < -0.39 is 8.07 Å². The van der Waals surface area contributed by atoms with Crippen LogP contribution in [-0.4, -0.2) is 8.07 Å². The minimum atomic E-state index is -3.28. The lowest BCUT2D eigenvalue weighted by Crippen LogP contribution is -2.74. The number of nitrogens with zero attached hydrogens (tertiary/aromatic N) is 1. The van der Waals surface area contributed by atoms with Crippen LogP contribution in [0, 0.1) is 17.5 Å². The van der Waals surface area contributed by atoms with Crippen molar-refractivity contribution in [3.63, 3.8) is 0 Å². The van der Waals surface area contributed by atoms with E-state index in [2.05, 4.69) is 126 Å². The van der Waals surface area contributed by atoms with E-state index in [0.29, 0.717) is 0 Å². The fourth-order valence-electron chi connectivity index (χ4n) is 9.37. The molecule has 0 aliphatic heterocycles. The Morgan fingerprint density at radius 2 is 0.871 bits per heavy atom. The summed E-state index contributed by atoms with van der Waals surface area (Å²) in [5, 5.41) is 10.1. The van der Waals surface area contributed by atoms with Gasteiger partial charge in [-0.1, -0.05) is 133 Å². The normalized spacial score (nSPS) is 11.8. The molecule has 0 spiro atoms. The van der Waals surface area contributed by atoms with Crippen molar-refractivity contribution in [3.05, 3.63) is 236 Å². The van der Waals surface area contributed by atoms with Crippen LogP contribution in [-0.2, 0) is 0 Å². The van der Waals surface area contributed by atoms with Crippen molar-refractivity contribution in [2.75, 3.05) is 4.90 Å². The number of anilines is 3. The topological polar surface area (TPSA) is 16.4 Å². The Hall–Kier alpha value is -7.67. The van der Waals surface area contributed by atoms with Crippen molar-refractivity contribution in [1.82, 2.24) is 0 Å². The molecule has 6 heteroatoms. The molecule has 0 unspecified atom stereocenters. The molecule has 11 rings (SSSR count). The maximum atomic E-state index is 14.6. The molecular formula is C56H36F3NOSi. The second-order valence-corrected chi connectivity index (χ2v) is 19.5. The molecule has 62 heavy (non-hydrogen) atoms. The third-order valence-corrected chi connectivity index (χ3v) is 17.0. The van der Waals surface area contributed by atoms with Gasteiger partial charge in [0.2, 0.25) is 0 Å². The van der Waals surface area contributed by atoms with Crippen LogP contribution < -0.4 is 25.6 Å². The van der Waals surface area contributed by atoms with Crippen LogP contribution in [0.15, 0.2) is 223 Å². The number of furan rings is 1. The van der Waals surface area contributed by atoms with Crippen molar-refractivity contribution >= 4 is 89.4 Å². The molecule has 1 aromatic heterocycles. The van der Waals surface area contributed by atoms with Gasteiger partial charge in [-0.3, -0.25) is 0 Å². The number of fused-ring (bicyclic) bond motifs is 6. The third-order valence-electron chi connectivity index (χ3n) is 12.2. The van der Waals surface area contributed by atoms with Crippen LogP contribution in [0.25, 0.3) is 54.6 Å². The number of hydrogen-bond donors (Lipinski definition) is 0. The summed E-state index contributed by atoms with van der Waals surface area (Å²) in [5.74, 6) is -1.08. The van der Waals surface area contributed by atoms with Crippen molar-refractivity contribution in [2.45, 2.75) is 0 Å². The predicted octanol–water partition coefficient (Wildman–Crippen LogP) is 12.8. The number of para-hydroxylation sites is 1. The molecule has 0 saturated carbocycles. The minimum Gasteiger partial charge on any atom is -0.455 e. The quantitative estimate of drug-likeness (QED) is 0.112. The molecule has 1 heterocycles. The van der Waals surface area contributed by atoms with E-state index in [-0.39, 0.29) is 17.5 Å². The van der Waals surface area contributed by atoms with Gasteiger partial charge in [-0.05, 0) is 128 Å². The molecule has 0 fully saturated rings. The lowest BCUT2D eigenvalue weighted by atomic mass is 9.96. The zero-order valence-corrected chi connectivity index (χ0v) is 34.3. The smallest absolute Gasteiger partial charge is 0.179 e. The summed E-state index contributed by atoms with van der Waals surface area (Å²) >= 11 is 0. The van der Waals surface area contributed by atoms with Gasteiger partial charge in [0, 0.05) is 32.9 Å². The summed E-state index contributed by atoms with van der Waals surface area (Å²) in [7, 11) is -3.28. The molecule has 0 bridgehead atoms. The molecule has 0 amide bonds. The van der Waals surface area contributed by atoms with Crippen molar-refractivity contribution in [1.29, 1.82) is 0 Å². The first kappa shape index (κ1) is 37.3. The van der Waals surface area contributed by atoms with E-state index in [1.54, 1.807) is 0 Å². The second kappa shape index (κ2) is 15.1. The maximum absolute atomic E-state index is 14.6. The predicted molar refractivity (Wildman–Crippen MR) is 252 cm³/mol. The number of hydrogen-bond acceptors (Lipinski definition) is 2. The highest BCUT2D eigenvalue weighted by molar-refractivity contribution is 7.19. The summed E-state index contributed by atoms with van der Waals surface area (Å²) in [6, 6.07) is 70.4. The number of benzene rings is 10. The SMILES string of the molecule is Fc1ccc([Si](c2ccc(F)cc2)(c2ccc(F)cc2)c2ccc(N(c3ccc4c(ccc5c6ccccc6oc45)c3)c3ccc(-c4ccccc4)c4ccccc34)cc2)cc1. The first-order valence-corrected chi connectivity index (χ1v) is 22.6. The molecule has 10 aromatic carbocycles. The van der Waals surface area contributed by atoms with E-state index in [9.17, 15) is 13.2 Å². The average Bonchev–Trinajstić information content (AvgIpc) is 3.71. The van der Waals surface area contributed by atoms with E-state index in [1.807, 2.05) is 60.7 Å². The highest BCUT2D eigenvalue weighted by atomic mass is 28.3. The molecule has 0 N–H and O–H groups in total. The van der Waals surface area contributed by atoms with Crippen LogP contribution in [0.5, 0.6) is 0 Å². The monoisotopic (exact) mass is 823 g/mol.